The zero-order valence-electron chi connectivity index (χ0n) is 12.6. The third-order valence-corrected chi connectivity index (χ3v) is 3.74. The molecule has 2 rings (SSSR count). The highest BCUT2D eigenvalue weighted by Crippen LogP contribution is 2.05. The zero-order valence-corrected chi connectivity index (χ0v) is 12.6. The van der Waals surface area contributed by atoms with E-state index in [1.54, 1.807) is 0 Å². The molecule has 0 saturated carbocycles. The number of aromatic nitrogens is 1. The summed E-state index contributed by atoms with van der Waals surface area (Å²) in [6.07, 6.45) is 3.04. The zero-order chi connectivity index (χ0) is 14.4. The van der Waals surface area contributed by atoms with Gasteiger partial charge < -0.3 is 9.80 Å². The first-order valence-electron chi connectivity index (χ1n) is 7.36. The number of hydrogen-bond donors (Lipinski definition) is 0. The lowest BCUT2D eigenvalue weighted by atomic mass is 10.2. The largest absolute Gasteiger partial charge is 0.301 e. The second-order valence-electron chi connectivity index (χ2n) is 5.67. The fourth-order valence-corrected chi connectivity index (χ4v) is 2.46. The van der Waals surface area contributed by atoms with Gasteiger partial charge in [-0.05, 0) is 45.1 Å². The van der Waals surface area contributed by atoms with Crippen LogP contribution in [-0.4, -0.2) is 66.2 Å². The van der Waals surface area contributed by atoms with E-state index in [1.165, 1.54) is 5.56 Å². The number of nitrogens with zero attached hydrogens (tertiary/aromatic N) is 4. The van der Waals surface area contributed by atoms with Crippen LogP contribution in [0.1, 0.15) is 17.7 Å². The van der Waals surface area contributed by atoms with Gasteiger partial charge in [-0.3, -0.25) is 4.98 Å². The quantitative estimate of drug-likeness (QED) is 0.740. The first-order valence-corrected chi connectivity index (χ1v) is 7.36. The van der Waals surface area contributed by atoms with Crippen molar-refractivity contribution in [3.8, 4) is 0 Å². The van der Waals surface area contributed by atoms with Crippen LogP contribution in [0.2, 0.25) is 0 Å². The Morgan fingerprint density at radius 3 is 2.65 bits per heavy atom. The molecule has 1 fully saturated rings. The molecule has 0 unspecified atom stereocenters. The van der Waals surface area contributed by atoms with Crippen LogP contribution in [0.15, 0.2) is 18.3 Å². The Kier molecular flexibility index (Phi) is 5.88. The maximum Gasteiger partial charge on any atom is 0.0544 e. The Bertz CT molecular complexity index is 387. The van der Waals surface area contributed by atoms with Gasteiger partial charge in [0.2, 0.25) is 0 Å². The Labute approximate surface area is 121 Å². The topological polar surface area (TPSA) is 22.6 Å². The summed E-state index contributed by atoms with van der Waals surface area (Å²) < 4.78 is 12.9. The second kappa shape index (κ2) is 7.67. The molecule has 1 aromatic rings. The highest BCUT2D eigenvalue weighted by molar-refractivity contribution is 5.11. The fraction of sp³-hybridized carbons (Fsp3) is 0.667. The second-order valence-corrected chi connectivity index (χ2v) is 5.67. The Morgan fingerprint density at radius 2 is 2.00 bits per heavy atom. The molecule has 1 aromatic heterocycles. The minimum absolute atomic E-state index is 0.545. The van der Waals surface area contributed by atoms with Crippen molar-refractivity contribution in [2.75, 3.05) is 46.3 Å². The molecule has 0 aliphatic carbocycles. The van der Waals surface area contributed by atoms with E-state index < -0.39 is 0 Å². The van der Waals surface area contributed by atoms with Crippen LogP contribution in [0, 0.1) is 6.92 Å². The van der Waals surface area contributed by atoms with Gasteiger partial charge in [-0.2, -0.15) is 0 Å². The third-order valence-electron chi connectivity index (χ3n) is 3.74. The van der Waals surface area contributed by atoms with E-state index in [4.69, 9.17) is 0 Å². The molecule has 112 valence electrons. The number of hydrogen-bond acceptors (Lipinski definition) is 4. The van der Waals surface area contributed by atoms with Crippen molar-refractivity contribution in [2.24, 2.45) is 0 Å². The maximum atomic E-state index is 12.9. The van der Waals surface area contributed by atoms with Crippen LogP contribution >= 0.6 is 0 Å². The highest BCUT2D eigenvalue weighted by atomic mass is 19.2. The predicted octanol–water partition coefficient (Wildman–Crippen LogP) is 1.71. The van der Waals surface area contributed by atoms with E-state index in [9.17, 15) is 4.48 Å². The van der Waals surface area contributed by atoms with E-state index in [-0.39, 0.29) is 0 Å². The lowest BCUT2D eigenvalue weighted by molar-refractivity contribution is -0.0220. The number of piperazine rings is 1. The lowest BCUT2D eigenvalue weighted by Crippen LogP contribution is -2.43. The molecular weight excluding hydrogens is 255 g/mol. The van der Waals surface area contributed by atoms with Crippen molar-refractivity contribution < 1.29 is 4.48 Å². The van der Waals surface area contributed by atoms with Crippen molar-refractivity contribution in [1.29, 1.82) is 0 Å². The molecule has 4 nitrogen and oxygen atoms in total. The molecule has 0 bridgehead atoms. The average Bonchev–Trinajstić information content (AvgIpc) is 2.44. The summed E-state index contributed by atoms with van der Waals surface area (Å²) in [6.45, 7) is 7.83. The van der Waals surface area contributed by atoms with E-state index in [2.05, 4.69) is 40.9 Å². The minimum atomic E-state index is 0.545. The van der Waals surface area contributed by atoms with Gasteiger partial charge in [-0.25, -0.2) is 0 Å². The summed E-state index contributed by atoms with van der Waals surface area (Å²) >= 11 is 0. The molecule has 0 aromatic carbocycles. The maximum absolute atomic E-state index is 12.9. The molecule has 0 amide bonds. The van der Waals surface area contributed by atoms with Crippen molar-refractivity contribution >= 4 is 0 Å². The van der Waals surface area contributed by atoms with Gasteiger partial charge in [0.05, 0.1) is 5.69 Å². The molecule has 0 N–H and O–H groups in total. The Hall–Kier alpha value is -1.04. The molecule has 2 heterocycles. The minimum Gasteiger partial charge on any atom is -0.301 e. The van der Waals surface area contributed by atoms with E-state index >= 15 is 0 Å². The van der Waals surface area contributed by atoms with Gasteiger partial charge in [0.15, 0.2) is 0 Å². The van der Waals surface area contributed by atoms with Crippen LogP contribution in [0.4, 0.5) is 4.48 Å². The van der Waals surface area contributed by atoms with Crippen LogP contribution in [0.25, 0.3) is 0 Å². The number of aryl methyl sites for hydroxylation is 1. The summed E-state index contributed by atoms with van der Waals surface area (Å²) in [4.78, 5) is 9.06. The van der Waals surface area contributed by atoms with Crippen molar-refractivity contribution in [3.63, 3.8) is 0 Å². The van der Waals surface area contributed by atoms with Gasteiger partial charge in [0.1, 0.15) is 0 Å². The Morgan fingerprint density at radius 1 is 1.25 bits per heavy atom. The third kappa shape index (κ3) is 5.15. The van der Waals surface area contributed by atoms with Crippen LogP contribution in [0.3, 0.4) is 0 Å². The van der Waals surface area contributed by atoms with Crippen molar-refractivity contribution in [3.05, 3.63) is 29.6 Å². The van der Waals surface area contributed by atoms with Crippen LogP contribution < -0.4 is 0 Å². The molecule has 0 atom stereocenters. The monoisotopic (exact) mass is 280 g/mol. The molecular formula is C15H25FN4. The van der Waals surface area contributed by atoms with Crippen LogP contribution in [-0.2, 0) is 6.54 Å². The first kappa shape index (κ1) is 15.4. The summed E-state index contributed by atoms with van der Waals surface area (Å²) in [5, 5.41) is 0.908. The Balaban J connectivity index is 1.62. The molecule has 20 heavy (non-hydrogen) atoms. The normalized spacial score (nSPS) is 17.8. The molecule has 1 saturated heterocycles. The molecule has 0 spiro atoms. The summed E-state index contributed by atoms with van der Waals surface area (Å²) in [6, 6.07) is 4.19. The van der Waals surface area contributed by atoms with Crippen LogP contribution in [0.5, 0.6) is 0 Å². The smallest absolute Gasteiger partial charge is 0.0544 e. The van der Waals surface area contributed by atoms with E-state index in [1.807, 2.05) is 6.20 Å². The lowest BCUT2D eigenvalue weighted by Gasteiger charge is -2.30. The molecule has 1 aliphatic heterocycles. The number of pyridine rings is 1. The standard InChI is InChI=1S/C15H25FN4/c1-14-4-5-15(17-12-14)13-18(2)6-3-7-19-8-10-20(16)11-9-19/h4-5,12H,3,6-11,13H2,1-2H3. The van der Waals surface area contributed by atoms with Gasteiger partial charge in [-0.1, -0.05) is 6.07 Å². The van der Waals surface area contributed by atoms with Gasteiger partial charge in [-0.15, -0.1) is 9.60 Å². The molecule has 5 heteroatoms. The highest BCUT2D eigenvalue weighted by Gasteiger charge is 2.15. The van der Waals surface area contributed by atoms with Gasteiger partial charge >= 0.3 is 0 Å². The number of halogens is 1. The number of rotatable bonds is 6. The summed E-state index contributed by atoms with van der Waals surface area (Å²) in [7, 11) is 2.13. The molecule has 0 radical (unpaired) electrons. The van der Waals surface area contributed by atoms with Crippen molar-refractivity contribution in [1.82, 2.24) is 19.9 Å². The summed E-state index contributed by atoms with van der Waals surface area (Å²) in [5.41, 5.74) is 2.31. The fourth-order valence-electron chi connectivity index (χ4n) is 2.46. The average molecular weight is 280 g/mol. The van der Waals surface area contributed by atoms with Crippen molar-refractivity contribution in [2.45, 2.75) is 19.9 Å². The van der Waals surface area contributed by atoms with E-state index in [0.717, 1.165) is 50.0 Å². The van der Waals surface area contributed by atoms with Gasteiger partial charge in [0, 0.05) is 38.9 Å². The first-order chi connectivity index (χ1) is 9.63. The summed E-state index contributed by atoms with van der Waals surface area (Å²) in [5.74, 6) is 0. The van der Waals surface area contributed by atoms with E-state index in [0.29, 0.717) is 13.1 Å². The molecule has 1 aliphatic rings. The predicted molar refractivity (Wildman–Crippen MR) is 79.0 cm³/mol. The SMILES string of the molecule is Cc1ccc(CN(C)CCCN2CCN(F)CC2)nc1. The van der Waals surface area contributed by atoms with Gasteiger partial charge in [0.25, 0.3) is 0 Å².